The van der Waals surface area contributed by atoms with Gasteiger partial charge in [-0.25, -0.2) is 0 Å². The highest BCUT2D eigenvalue weighted by atomic mass is 32.2. The number of ether oxygens (including phenoxy) is 1. The zero-order valence-corrected chi connectivity index (χ0v) is 14.0. The number of hydrogen-bond acceptors (Lipinski definition) is 3. The van der Waals surface area contributed by atoms with Crippen molar-refractivity contribution in [1.29, 1.82) is 0 Å². The van der Waals surface area contributed by atoms with E-state index in [2.05, 4.69) is 57.2 Å². The van der Waals surface area contributed by atoms with Crippen LogP contribution in [0.4, 0.5) is 0 Å². The minimum Gasteiger partial charge on any atom is -0.496 e. The van der Waals surface area contributed by atoms with Crippen molar-refractivity contribution in [2.45, 2.75) is 31.7 Å². The number of thioether (sulfide) groups is 1. The summed E-state index contributed by atoms with van der Waals surface area (Å²) in [5.74, 6) is 1.73. The van der Waals surface area contributed by atoms with Crippen molar-refractivity contribution in [3.05, 3.63) is 58.7 Å². The number of rotatable bonds is 5. The average molecular weight is 301 g/mol. The molecular weight excluding hydrogens is 278 g/mol. The fourth-order valence-corrected chi connectivity index (χ4v) is 3.56. The number of hydrogen-bond donors (Lipinski definition) is 1. The normalized spacial score (nSPS) is 12.2. The molecule has 1 unspecified atom stereocenters. The average Bonchev–Trinajstić information content (AvgIpc) is 2.45. The van der Waals surface area contributed by atoms with Gasteiger partial charge in [0.25, 0.3) is 0 Å². The van der Waals surface area contributed by atoms with Crippen LogP contribution in [0.5, 0.6) is 5.75 Å². The zero-order chi connectivity index (χ0) is 15.4. The van der Waals surface area contributed by atoms with Crippen LogP contribution in [-0.2, 0) is 0 Å². The number of methoxy groups -OCH3 is 1. The first kappa shape index (κ1) is 15.9. The fourth-order valence-electron chi connectivity index (χ4n) is 2.57. The second kappa shape index (κ2) is 7.01. The molecule has 0 aliphatic carbocycles. The topological polar surface area (TPSA) is 35.2 Å². The molecule has 0 saturated heterocycles. The van der Waals surface area contributed by atoms with E-state index in [4.69, 9.17) is 10.5 Å². The third kappa shape index (κ3) is 3.80. The quantitative estimate of drug-likeness (QED) is 0.831. The largest absolute Gasteiger partial charge is 0.496 e. The van der Waals surface area contributed by atoms with E-state index in [1.54, 1.807) is 18.9 Å². The van der Waals surface area contributed by atoms with E-state index in [1.165, 1.54) is 21.6 Å². The second-order valence-electron chi connectivity index (χ2n) is 5.38. The molecule has 0 fully saturated rings. The third-order valence-corrected chi connectivity index (χ3v) is 4.89. The summed E-state index contributed by atoms with van der Waals surface area (Å²) >= 11 is 1.80. The molecule has 112 valence electrons. The number of aryl methyl sites for hydroxylation is 3. The maximum atomic E-state index is 6.42. The van der Waals surface area contributed by atoms with Crippen LogP contribution < -0.4 is 10.5 Å². The van der Waals surface area contributed by atoms with Gasteiger partial charge in [0, 0.05) is 22.3 Å². The van der Waals surface area contributed by atoms with Crippen molar-refractivity contribution in [2.75, 3.05) is 12.9 Å². The van der Waals surface area contributed by atoms with Gasteiger partial charge in [-0.1, -0.05) is 24.3 Å². The van der Waals surface area contributed by atoms with E-state index in [0.29, 0.717) is 0 Å². The van der Waals surface area contributed by atoms with Gasteiger partial charge < -0.3 is 10.5 Å². The summed E-state index contributed by atoms with van der Waals surface area (Å²) < 4.78 is 5.51. The van der Waals surface area contributed by atoms with Gasteiger partial charge in [0.15, 0.2) is 0 Å². The highest BCUT2D eigenvalue weighted by Crippen LogP contribution is 2.33. The van der Waals surface area contributed by atoms with Gasteiger partial charge in [-0.2, -0.15) is 0 Å². The molecule has 0 amide bonds. The molecule has 2 aromatic rings. The number of benzene rings is 2. The Morgan fingerprint density at radius 2 is 1.81 bits per heavy atom. The predicted octanol–water partition coefficient (Wildman–Crippen LogP) is 4.41. The molecule has 0 aliphatic rings. The Kier molecular flexibility index (Phi) is 5.32. The van der Waals surface area contributed by atoms with E-state index in [1.807, 2.05) is 0 Å². The van der Waals surface area contributed by atoms with Gasteiger partial charge >= 0.3 is 0 Å². The minimum atomic E-state index is -0.0369. The molecule has 2 aromatic carbocycles. The van der Waals surface area contributed by atoms with E-state index in [9.17, 15) is 0 Å². The Balaban J connectivity index is 2.17. The van der Waals surface area contributed by atoms with Crippen LogP contribution >= 0.6 is 11.8 Å². The van der Waals surface area contributed by atoms with Crippen LogP contribution in [0.15, 0.2) is 41.3 Å². The Bertz CT molecular complexity index is 625. The smallest absolute Gasteiger partial charge is 0.124 e. The minimum absolute atomic E-state index is 0.0369. The first-order valence-corrected chi connectivity index (χ1v) is 8.10. The van der Waals surface area contributed by atoms with Crippen LogP contribution in [0.25, 0.3) is 0 Å². The lowest BCUT2D eigenvalue weighted by molar-refractivity contribution is 0.406. The summed E-state index contributed by atoms with van der Waals surface area (Å²) in [5.41, 5.74) is 11.2. The summed E-state index contributed by atoms with van der Waals surface area (Å²) in [6, 6.07) is 12.6. The maximum Gasteiger partial charge on any atom is 0.124 e. The van der Waals surface area contributed by atoms with Crippen LogP contribution in [-0.4, -0.2) is 12.9 Å². The van der Waals surface area contributed by atoms with E-state index in [-0.39, 0.29) is 6.04 Å². The highest BCUT2D eigenvalue weighted by Gasteiger charge is 2.16. The molecule has 0 bridgehead atoms. The Morgan fingerprint density at radius 3 is 2.48 bits per heavy atom. The molecule has 1 atom stereocenters. The monoisotopic (exact) mass is 301 g/mol. The van der Waals surface area contributed by atoms with Crippen LogP contribution in [0.1, 0.15) is 28.3 Å². The number of nitrogens with two attached hydrogens (primary N) is 1. The molecule has 0 heterocycles. The third-order valence-electron chi connectivity index (χ3n) is 3.60. The summed E-state index contributed by atoms with van der Waals surface area (Å²) in [4.78, 5) is 1.29. The van der Waals surface area contributed by atoms with Crippen molar-refractivity contribution in [3.63, 3.8) is 0 Å². The Labute approximate surface area is 131 Å². The SMILES string of the molecule is COc1cc(C)cc(C)c1C(N)CSc1ccccc1C. The van der Waals surface area contributed by atoms with Crippen LogP contribution in [0.2, 0.25) is 0 Å². The zero-order valence-electron chi connectivity index (χ0n) is 13.1. The van der Waals surface area contributed by atoms with Crippen molar-refractivity contribution >= 4 is 11.8 Å². The van der Waals surface area contributed by atoms with Crippen LogP contribution in [0, 0.1) is 20.8 Å². The fraction of sp³-hybridized carbons (Fsp3) is 0.333. The lowest BCUT2D eigenvalue weighted by Gasteiger charge is -2.19. The molecule has 3 heteroatoms. The molecule has 21 heavy (non-hydrogen) atoms. The molecule has 2 nitrogen and oxygen atoms in total. The first-order valence-electron chi connectivity index (χ1n) is 7.12. The molecule has 2 N–H and O–H groups in total. The molecule has 2 rings (SSSR count). The molecule has 0 aliphatic heterocycles. The second-order valence-corrected chi connectivity index (χ2v) is 6.44. The molecule has 0 spiro atoms. The van der Waals surface area contributed by atoms with Gasteiger partial charge in [0.1, 0.15) is 5.75 Å². The summed E-state index contributed by atoms with van der Waals surface area (Å²) in [6.07, 6.45) is 0. The van der Waals surface area contributed by atoms with E-state index in [0.717, 1.165) is 17.1 Å². The first-order chi connectivity index (χ1) is 10.0. The standard InChI is InChI=1S/C18H23NOS/c1-12-9-14(3)18(16(10-12)20-4)15(19)11-21-17-8-6-5-7-13(17)2/h5-10,15H,11,19H2,1-4H3. The van der Waals surface area contributed by atoms with E-state index >= 15 is 0 Å². The Morgan fingerprint density at radius 1 is 1.10 bits per heavy atom. The van der Waals surface area contributed by atoms with E-state index < -0.39 is 0 Å². The molecule has 0 aromatic heterocycles. The van der Waals surface area contributed by atoms with Crippen molar-refractivity contribution in [1.82, 2.24) is 0 Å². The summed E-state index contributed by atoms with van der Waals surface area (Å²) in [5, 5.41) is 0. The Hall–Kier alpha value is -1.45. The van der Waals surface area contributed by atoms with Gasteiger partial charge in [0.05, 0.1) is 7.11 Å². The van der Waals surface area contributed by atoms with Crippen molar-refractivity contribution < 1.29 is 4.74 Å². The summed E-state index contributed by atoms with van der Waals surface area (Å²) in [7, 11) is 1.71. The van der Waals surface area contributed by atoms with Crippen molar-refractivity contribution in [2.24, 2.45) is 5.73 Å². The van der Waals surface area contributed by atoms with Crippen LogP contribution in [0.3, 0.4) is 0 Å². The van der Waals surface area contributed by atoms with Gasteiger partial charge in [-0.15, -0.1) is 11.8 Å². The summed E-state index contributed by atoms with van der Waals surface area (Å²) in [6.45, 7) is 6.31. The lowest BCUT2D eigenvalue weighted by Crippen LogP contribution is -2.16. The molecule has 0 saturated carbocycles. The lowest BCUT2D eigenvalue weighted by atomic mass is 9.99. The van der Waals surface area contributed by atoms with Crippen molar-refractivity contribution in [3.8, 4) is 5.75 Å². The molecular formula is C18H23NOS. The maximum absolute atomic E-state index is 6.42. The molecule has 0 radical (unpaired) electrons. The van der Waals surface area contributed by atoms with Gasteiger partial charge in [-0.05, 0) is 49.6 Å². The predicted molar refractivity (Wildman–Crippen MR) is 91.3 cm³/mol. The van der Waals surface area contributed by atoms with Gasteiger partial charge in [0.2, 0.25) is 0 Å². The highest BCUT2D eigenvalue weighted by molar-refractivity contribution is 7.99. The van der Waals surface area contributed by atoms with Gasteiger partial charge in [-0.3, -0.25) is 0 Å².